The zero-order chi connectivity index (χ0) is 19.3. The molecule has 5 rings (SSSR count). The maximum Gasteiger partial charge on any atom is 0.323 e. The van der Waals surface area contributed by atoms with Gasteiger partial charge in [-0.3, -0.25) is 10.00 Å². The van der Waals surface area contributed by atoms with Crippen molar-refractivity contribution < 1.29 is 4.79 Å². The lowest BCUT2D eigenvalue weighted by atomic mass is 10.0. The average molecular weight is 380 g/mol. The molecule has 28 heavy (non-hydrogen) atoms. The van der Waals surface area contributed by atoms with E-state index in [1.54, 1.807) is 11.0 Å². The van der Waals surface area contributed by atoms with E-state index in [0.29, 0.717) is 23.7 Å². The Morgan fingerprint density at radius 2 is 2.04 bits per heavy atom. The van der Waals surface area contributed by atoms with Crippen LogP contribution in [0.1, 0.15) is 12.8 Å². The van der Waals surface area contributed by atoms with Crippen molar-refractivity contribution in [3.8, 4) is 0 Å². The van der Waals surface area contributed by atoms with E-state index in [1.165, 1.54) is 0 Å². The second-order valence-electron chi connectivity index (χ2n) is 7.90. The van der Waals surface area contributed by atoms with E-state index in [0.717, 1.165) is 42.8 Å². The molecule has 1 saturated heterocycles. The molecule has 4 heterocycles. The Balaban J connectivity index is 1.23. The van der Waals surface area contributed by atoms with Crippen molar-refractivity contribution in [2.45, 2.75) is 18.9 Å². The molecule has 1 aliphatic carbocycles. The zero-order valence-corrected chi connectivity index (χ0v) is 16.0. The van der Waals surface area contributed by atoms with Gasteiger partial charge in [0.1, 0.15) is 17.8 Å². The summed E-state index contributed by atoms with van der Waals surface area (Å²) in [5.41, 5.74) is 0.868. The largest absolute Gasteiger partial charge is 0.356 e. The minimum absolute atomic E-state index is 0.0529. The van der Waals surface area contributed by atoms with Gasteiger partial charge in [-0.2, -0.15) is 5.10 Å². The van der Waals surface area contributed by atoms with Crippen LogP contribution in [0.3, 0.4) is 0 Å². The van der Waals surface area contributed by atoms with Gasteiger partial charge in [0.2, 0.25) is 0 Å². The van der Waals surface area contributed by atoms with Crippen molar-refractivity contribution in [2.24, 2.45) is 18.9 Å². The first-order chi connectivity index (χ1) is 13.6. The molecule has 0 spiro atoms. The molecular formula is C19H24N8O. The number of nitrogens with one attached hydrogen (secondary N) is 2. The van der Waals surface area contributed by atoms with Crippen molar-refractivity contribution in [2.75, 3.05) is 30.4 Å². The number of rotatable bonds is 3. The summed E-state index contributed by atoms with van der Waals surface area (Å²) in [4.78, 5) is 28.7. The first-order valence-electron chi connectivity index (χ1n) is 9.65. The molecule has 0 bridgehead atoms. The molecule has 9 nitrogen and oxygen atoms in total. The predicted octanol–water partition coefficient (Wildman–Crippen LogP) is 2.07. The number of aromatic nitrogens is 5. The third kappa shape index (κ3) is 2.87. The van der Waals surface area contributed by atoms with Gasteiger partial charge in [-0.1, -0.05) is 0 Å². The van der Waals surface area contributed by atoms with Gasteiger partial charge in [0.05, 0.1) is 5.39 Å². The Hall–Kier alpha value is -3.10. The Labute approximate surface area is 162 Å². The molecule has 3 aromatic rings. The number of likely N-dealkylation sites (tertiary alicyclic amines) is 1. The number of carbonyl (C=O) groups is 1. The maximum atomic E-state index is 12.5. The summed E-state index contributed by atoms with van der Waals surface area (Å²) in [5.74, 6) is 2.64. The lowest BCUT2D eigenvalue weighted by Gasteiger charge is -2.28. The van der Waals surface area contributed by atoms with Crippen LogP contribution >= 0.6 is 0 Å². The molecule has 2 amide bonds. The van der Waals surface area contributed by atoms with Gasteiger partial charge in [-0.05, 0) is 30.7 Å². The van der Waals surface area contributed by atoms with E-state index in [1.807, 2.05) is 36.5 Å². The van der Waals surface area contributed by atoms with Crippen molar-refractivity contribution in [1.29, 1.82) is 0 Å². The van der Waals surface area contributed by atoms with E-state index >= 15 is 0 Å². The molecule has 2 aliphatic rings. The molecule has 0 radical (unpaired) electrons. The number of hydrogen-bond donors (Lipinski definition) is 2. The number of aromatic amines is 1. The summed E-state index contributed by atoms with van der Waals surface area (Å²) in [5, 5.41) is 8.17. The fraction of sp³-hybridized carbons (Fsp3) is 0.474. The number of amides is 2. The van der Waals surface area contributed by atoms with E-state index in [-0.39, 0.29) is 6.03 Å². The van der Waals surface area contributed by atoms with Crippen molar-refractivity contribution in [3.05, 3.63) is 30.9 Å². The number of nitrogens with zero attached hydrogens (tertiary/aromatic N) is 6. The molecule has 3 atom stereocenters. The van der Waals surface area contributed by atoms with Crippen LogP contribution in [0.5, 0.6) is 0 Å². The van der Waals surface area contributed by atoms with E-state index in [4.69, 9.17) is 0 Å². The molecule has 3 aromatic heterocycles. The van der Waals surface area contributed by atoms with Gasteiger partial charge in [-0.15, -0.1) is 0 Å². The highest BCUT2D eigenvalue weighted by Gasteiger charge is 2.44. The second-order valence-corrected chi connectivity index (χ2v) is 7.90. The first kappa shape index (κ1) is 17.0. The second kappa shape index (κ2) is 6.50. The monoisotopic (exact) mass is 380 g/mol. The van der Waals surface area contributed by atoms with E-state index < -0.39 is 0 Å². The average Bonchev–Trinajstić information content (AvgIpc) is 3.43. The summed E-state index contributed by atoms with van der Waals surface area (Å²) < 4.78 is 1.68. The summed E-state index contributed by atoms with van der Waals surface area (Å²) in [6.07, 6.45) is 7.49. The van der Waals surface area contributed by atoms with Gasteiger partial charge in [0.15, 0.2) is 5.82 Å². The highest BCUT2D eigenvalue weighted by Crippen LogP contribution is 2.41. The van der Waals surface area contributed by atoms with Gasteiger partial charge in [0.25, 0.3) is 0 Å². The number of fused-ring (bicyclic) bond motifs is 2. The minimum atomic E-state index is -0.0529. The number of anilines is 2. The van der Waals surface area contributed by atoms with Crippen LogP contribution in [-0.4, -0.2) is 61.8 Å². The smallest absolute Gasteiger partial charge is 0.323 e. The molecule has 1 unspecified atom stereocenters. The highest BCUT2D eigenvalue weighted by molar-refractivity contribution is 5.88. The van der Waals surface area contributed by atoms with Crippen LogP contribution in [-0.2, 0) is 7.05 Å². The Morgan fingerprint density at radius 3 is 2.75 bits per heavy atom. The number of aryl methyl sites for hydroxylation is 1. The van der Waals surface area contributed by atoms with Gasteiger partial charge in [-0.25, -0.2) is 14.8 Å². The van der Waals surface area contributed by atoms with Crippen molar-refractivity contribution >= 4 is 28.7 Å². The third-order valence-corrected chi connectivity index (χ3v) is 6.18. The number of urea groups is 1. The summed E-state index contributed by atoms with van der Waals surface area (Å²) in [6.45, 7) is 1.61. The van der Waals surface area contributed by atoms with Crippen LogP contribution in [0.15, 0.2) is 30.9 Å². The molecule has 2 fully saturated rings. The number of carbonyl (C=O) groups excluding carboxylic acids is 1. The van der Waals surface area contributed by atoms with E-state index in [9.17, 15) is 4.79 Å². The summed E-state index contributed by atoms with van der Waals surface area (Å²) in [6, 6.07) is 4.22. The zero-order valence-electron chi connectivity index (χ0n) is 16.0. The lowest BCUT2D eigenvalue weighted by molar-refractivity contribution is 0.218. The van der Waals surface area contributed by atoms with Crippen molar-refractivity contribution in [3.63, 3.8) is 0 Å². The molecule has 9 heteroatoms. The topological polar surface area (TPSA) is 95.0 Å². The molecular weight excluding hydrogens is 356 g/mol. The fourth-order valence-corrected chi connectivity index (χ4v) is 4.73. The fourth-order valence-electron chi connectivity index (χ4n) is 4.73. The quantitative estimate of drug-likeness (QED) is 0.725. The Kier molecular flexibility index (Phi) is 3.96. The molecule has 146 valence electrons. The van der Waals surface area contributed by atoms with Crippen LogP contribution in [0, 0.1) is 11.8 Å². The van der Waals surface area contributed by atoms with Gasteiger partial charge in [0, 0.05) is 51.7 Å². The van der Waals surface area contributed by atoms with Gasteiger partial charge < -0.3 is 14.8 Å². The molecule has 1 aliphatic heterocycles. The molecule has 0 aromatic carbocycles. The van der Waals surface area contributed by atoms with Crippen LogP contribution in [0.4, 0.5) is 16.4 Å². The number of hydrogen-bond acceptors (Lipinski definition) is 5. The van der Waals surface area contributed by atoms with Crippen LogP contribution in [0.25, 0.3) is 11.0 Å². The molecule has 2 N–H and O–H groups in total. The lowest BCUT2D eigenvalue weighted by Crippen LogP contribution is -2.36. The Morgan fingerprint density at radius 1 is 1.25 bits per heavy atom. The van der Waals surface area contributed by atoms with E-state index in [2.05, 4.69) is 37.3 Å². The summed E-state index contributed by atoms with van der Waals surface area (Å²) in [7, 11) is 3.96. The third-order valence-electron chi connectivity index (χ3n) is 6.18. The maximum absolute atomic E-state index is 12.5. The summed E-state index contributed by atoms with van der Waals surface area (Å²) >= 11 is 0. The SMILES string of the molecule is CN(c1ncnc2[nH]ccc12)C1C[C@@H]2CN(C(=O)Nc3ccn(C)n3)C[C@@H]2C1. The predicted molar refractivity (Wildman–Crippen MR) is 106 cm³/mol. The molecule has 1 saturated carbocycles. The van der Waals surface area contributed by atoms with Crippen molar-refractivity contribution in [1.82, 2.24) is 29.6 Å². The number of H-pyrrole nitrogens is 1. The van der Waals surface area contributed by atoms with Gasteiger partial charge >= 0.3 is 6.03 Å². The van der Waals surface area contributed by atoms with Crippen LogP contribution < -0.4 is 10.2 Å². The normalized spacial score (nSPS) is 23.9. The minimum Gasteiger partial charge on any atom is -0.356 e. The first-order valence-corrected chi connectivity index (χ1v) is 9.65. The standard InChI is InChI=1S/C19H24N8O/c1-25-6-4-16(24-25)23-19(28)27-9-12-7-14(8-13(12)10-27)26(2)18-15-3-5-20-17(15)21-11-22-18/h3-6,11-14H,7-10H2,1-2H3,(H,20,21,22)(H,23,24,28)/t12-,13+,14?. The van der Waals surface area contributed by atoms with Crippen LogP contribution in [0.2, 0.25) is 0 Å². The Bertz CT molecular complexity index is 996. The highest BCUT2D eigenvalue weighted by atomic mass is 16.2.